The molecule has 12 heteroatoms. The van der Waals surface area contributed by atoms with Gasteiger partial charge in [-0.1, -0.05) is 30.4 Å². The number of nitrogens with zero attached hydrogens (tertiary/aromatic N) is 3. The number of fused-ring (bicyclic) bond motifs is 1. The third-order valence-electron chi connectivity index (χ3n) is 6.89. The summed E-state index contributed by atoms with van der Waals surface area (Å²) >= 11 is 1.17. The zero-order valence-electron chi connectivity index (χ0n) is 23.5. The van der Waals surface area contributed by atoms with Crippen LogP contribution in [0.25, 0.3) is 17.4 Å². The Morgan fingerprint density at radius 2 is 1.83 bits per heavy atom. The number of non-ortho nitro benzene ring substituents is 1. The van der Waals surface area contributed by atoms with Crippen LogP contribution in [-0.2, 0) is 4.79 Å². The Morgan fingerprint density at radius 1 is 1.12 bits per heavy atom. The molecule has 4 aromatic rings. The summed E-state index contributed by atoms with van der Waals surface area (Å²) in [4.78, 5) is 42.9. The third kappa shape index (κ3) is 5.00. The molecule has 0 fully saturated rings. The fourth-order valence-corrected chi connectivity index (χ4v) is 5.96. The first-order chi connectivity index (χ1) is 20.2. The minimum Gasteiger partial charge on any atom is -0.493 e. The van der Waals surface area contributed by atoms with Gasteiger partial charge in [-0.3, -0.25) is 24.3 Å². The molecule has 216 valence electrons. The lowest BCUT2D eigenvalue weighted by Gasteiger charge is -2.26. The molecule has 1 unspecified atom stereocenters. The number of rotatable bonds is 9. The molecule has 0 N–H and O–H groups in total. The normalized spacial score (nSPS) is 14.8. The number of thiazole rings is 1. The summed E-state index contributed by atoms with van der Waals surface area (Å²) in [7, 11) is 4.49. The minimum absolute atomic E-state index is 0.0571. The maximum absolute atomic E-state index is 13.9. The van der Waals surface area contributed by atoms with E-state index in [9.17, 15) is 19.7 Å². The van der Waals surface area contributed by atoms with E-state index < -0.39 is 11.0 Å². The third-order valence-corrected chi connectivity index (χ3v) is 7.87. The molecule has 0 spiro atoms. The Hall–Kier alpha value is -4.97. The number of nitro benzene ring substituents is 1. The number of benzene rings is 2. The number of nitro groups is 1. The van der Waals surface area contributed by atoms with Crippen LogP contribution in [0.5, 0.6) is 17.2 Å². The Bertz CT molecular complexity index is 1910. The van der Waals surface area contributed by atoms with Crippen molar-refractivity contribution in [2.45, 2.75) is 26.3 Å². The monoisotopic (exact) mass is 589 g/mol. The second-order valence-electron chi connectivity index (χ2n) is 9.33. The number of ether oxygens (including phenoxy) is 3. The molecule has 2 aromatic carbocycles. The molecular formula is C30H27N3O8S. The van der Waals surface area contributed by atoms with Crippen molar-refractivity contribution in [3.05, 3.63) is 101 Å². The van der Waals surface area contributed by atoms with Gasteiger partial charge in [0.15, 0.2) is 22.1 Å². The fraction of sp³-hybridized carbons (Fsp3) is 0.233. The van der Waals surface area contributed by atoms with Crippen LogP contribution in [0.1, 0.15) is 37.6 Å². The van der Waals surface area contributed by atoms with E-state index in [1.807, 2.05) is 0 Å². The number of methoxy groups -OCH3 is 3. The highest BCUT2D eigenvalue weighted by Crippen LogP contribution is 2.42. The first-order valence-electron chi connectivity index (χ1n) is 12.9. The van der Waals surface area contributed by atoms with Crippen LogP contribution in [0.15, 0.2) is 74.0 Å². The van der Waals surface area contributed by atoms with Gasteiger partial charge in [0, 0.05) is 41.5 Å². The molecule has 0 aliphatic carbocycles. The SMILES string of the molecule is CCC(=O)C1=C(C)N=c2s/c(=C\c3ccc(-c4cccc([N+](=O)[O-])c4)o3)c(=O)n2C1c1cc(OC)c(OC)c(OC)c1. The van der Waals surface area contributed by atoms with E-state index >= 15 is 0 Å². The average molecular weight is 590 g/mol. The predicted molar refractivity (Wildman–Crippen MR) is 156 cm³/mol. The molecule has 42 heavy (non-hydrogen) atoms. The van der Waals surface area contributed by atoms with Gasteiger partial charge in [0.2, 0.25) is 5.75 Å². The van der Waals surface area contributed by atoms with Gasteiger partial charge in [0.05, 0.1) is 36.8 Å². The minimum atomic E-state index is -0.790. The molecule has 0 bridgehead atoms. The van der Waals surface area contributed by atoms with Crippen molar-refractivity contribution in [3.8, 4) is 28.6 Å². The second-order valence-corrected chi connectivity index (χ2v) is 10.3. The molecule has 1 atom stereocenters. The van der Waals surface area contributed by atoms with E-state index in [0.717, 1.165) is 0 Å². The number of aromatic nitrogens is 1. The Morgan fingerprint density at radius 3 is 2.45 bits per heavy atom. The van der Waals surface area contributed by atoms with Crippen LogP contribution in [0.4, 0.5) is 5.69 Å². The zero-order chi connectivity index (χ0) is 30.1. The van der Waals surface area contributed by atoms with Crippen LogP contribution in [0, 0.1) is 10.1 Å². The number of allylic oxidation sites excluding steroid dienone is 2. The summed E-state index contributed by atoms with van der Waals surface area (Å²) in [6.45, 7) is 3.51. The number of Topliss-reactive ketones (excluding diaryl/α,β-unsaturated/α-hetero) is 1. The zero-order valence-corrected chi connectivity index (χ0v) is 24.3. The molecule has 1 aliphatic rings. The Balaban J connectivity index is 1.67. The summed E-state index contributed by atoms with van der Waals surface area (Å²) in [5.74, 6) is 1.81. The lowest BCUT2D eigenvalue weighted by Crippen LogP contribution is -2.39. The standard InChI is InChI=1S/C30H27N3O8S/c1-6-21(34)26-16(2)31-30-32(27(26)18-13-23(38-3)28(40-5)24(14-18)39-4)29(35)25(42-30)15-20-10-11-22(41-20)17-8-7-9-19(12-17)33(36)37/h7-15,27H,6H2,1-5H3/b25-15-. The van der Waals surface area contributed by atoms with Crippen molar-refractivity contribution in [1.82, 2.24) is 4.57 Å². The summed E-state index contributed by atoms with van der Waals surface area (Å²) in [6, 6.07) is 12.1. The van der Waals surface area contributed by atoms with E-state index in [4.69, 9.17) is 18.6 Å². The van der Waals surface area contributed by atoms with Crippen LogP contribution in [0.2, 0.25) is 0 Å². The average Bonchev–Trinajstić information content (AvgIpc) is 3.59. The molecule has 3 heterocycles. The first-order valence-corrected chi connectivity index (χ1v) is 13.7. The van der Waals surface area contributed by atoms with E-state index in [-0.39, 0.29) is 23.5 Å². The van der Waals surface area contributed by atoms with E-state index in [0.29, 0.717) is 60.5 Å². The van der Waals surface area contributed by atoms with Crippen molar-refractivity contribution in [2.24, 2.45) is 4.99 Å². The highest BCUT2D eigenvalue weighted by Gasteiger charge is 2.33. The molecule has 0 amide bonds. The topological polar surface area (TPSA) is 135 Å². The van der Waals surface area contributed by atoms with Gasteiger partial charge in [0.1, 0.15) is 11.5 Å². The van der Waals surface area contributed by atoms with Gasteiger partial charge in [0.25, 0.3) is 11.2 Å². The molecule has 5 rings (SSSR count). The van der Waals surface area contributed by atoms with Gasteiger partial charge in [-0.25, -0.2) is 4.99 Å². The van der Waals surface area contributed by atoms with Gasteiger partial charge >= 0.3 is 0 Å². The molecule has 0 radical (unpaired) electrons. The summed E-state index contributed by atoms with van der Waals surface area (Å²) in [5.41, 5.74) is 1.62. The number of furan rings is 1. The van der Waals surface area contributed by atoms with Crippen LogP contribution in [0.3, 0.4) is 0 Å². The second kappa shape index (κ2) is 11.5. The predicted octanol–water partition coefficient (Wildman–Crippen LogP) is 4.41. The van der Waals surface area contributed by atoms with Crippen molar-refractivity contribution >= 4 is 28.9 Å². The molecule has 2 aromatic heterocycles. The maximum Gasteiger partial charge on any atom is 0.271 e. The largest absolute Gasteiger partial charge is 0.493 e. The summed E-state index contributed by atoms with van der Waals surface area (Å²) in [6.07, 6.45) is 1.82. The van der Waals surface area contributed by atoms with Crippen molar-refractivity contribution < 1.29 is 28.3 Å². The van der Waals surface area contributed by atoms with Gasteiger partial charge in [-0.05, 0) is 36.8 Å². The number of hydrogen-bond acceptors (Lipinski definition) is 10. The van der Waals surface area contributed by atoms with Crippen molar-refractivity contribution in [3.63, 3.8) is 0 Å². The van der Waals surface area contributed by atoms with Crippen molar-refractivity contribution in [1.29, 1.82) is 0 Å². The fourth-order valence-electron chi connectivity index (χ4n) is 4.93. The quantitative estimate of drug-likeness (QED) is 0.207. The van der Waals surface area contributed by atoms with Crippen LogP contribution >= 0.6 is 11.3 Å². The number of carbonyl (C=O) groups excluding carboxylic acids is 1. The molecule has 11 nitrogen and oxygen atoms in total. The Kier molecular flexibility index (Phi) is 7.81. The first kappa shape index (κ1) is 28.6. The molecular weight excluding hydrogens is 562 g/mol. The lowest BCUT2D eigenvalue weighted by molar-refractivity contribution is -0.384. The van der Waals surface area contributed by atoms with Crippen molar-refractivity contribution in [2.75, 3.05) is 21.3 Å². The maximum atomic E-state index is 13.9. The van der Waals surface area contributed by atoms with Crippen LogP contribution < -0.4 is 29.1 Å². The highest BCUT2D eigenvalue weighted by atomic mass is 32.1. The number of carbonyl (C=O) groups is 1. The summed E-state index contributed by atoms with van der Waals surface area (Å²) in [5, 5.41) is 11.2. The molecule has 0 saturated heterocycles. The molecule has 1 aliphatic heterocycles. The van der Waals surface area contributed by atoms with E-state index in [1.54, 1.807) is 56.3 Å². The number of ketones is 1. The number of hydrogen-bond donors (Lipinski definition) is 0. The van der Waals surface area contributed by atoms with Gasteiger partial charge in [-0.15, -0.1) is 0 Å². The smallest absolute Gasteiger partial charge is 0.271 e. The van der Waals surface area contributed by atoms with Crippen LogP contribution in [-0.4, -0.2) is 36.6 Å². The lowest BCUT2D eigenvalue weighted by atomic mass is 9.91. The highest BCUT2D eigenvalue weighted by molar-refractivity contribution is 7.07. The summed E-state index contributed by atoms with van der Waals surface area (Å²) < 4.78 is 24.3. The van der Waals surface area contributed by atoms with E-state index in [1.165, 1.54) is 49.4 Å². The van der Waals surface area contributed by atoms with Gasteiger partial charge < -0.3 is 18.6 Å². The van der Waals surface area contributed by atoms with Gasteiger partial charge in [-0.2, -0.15) is 0 Å². The Labute approximate surface area is 243 Å². The van der Waals surface area contributed by atoms with E-state index in [2.05, 4.69) is 4.99 Å². The molecule has 0 saturated carbocycles.